The van der Waals surface area contributed by atoms with Gasteiger partial charge in [-0.2, -0.15) is 5.26 Å². The van der Waals surface area contributed by atoms with E-state index in [1.165, 1.54) is 9.75 Å². The SMILES string of the molecule is CCNC(=NCc1ccc(C#N)cc1)NCc1ccc(C)s1. The van der Waals surface area contributed by atoms with E-state index >= 15 is 0 Å². The number of hydrogen-bond acceptors (Lipinski definition) is 3. The maximum atomic E-state index is 8.80. The molecule has 2 rings (SSSR count). The Kier molecular flexibility index (Phi) is 5.99. The van der Waals surface area contributed by atoms with Crippen molar-refractivity contribution in [1.82, 2.24) is 10.6 Å². The second kappa shape index (κ2) is 8.20. The van der Waals surface area contributed by atoms with E-state index in [0.717, 1.165) is 24.6 Å². The molecule has 0 aliphatic rings. The highest BCUT2D eigenvalue weighted by Gasteiger charge is 2.00. The number of benzene rings is 1. The lowest BCUT2D eigenvalue weighted by Crippen LogP contribution is -2.36. The largest absolute Gasteiger partial charge is 0.357 e. The van der Waals surface area contributed by atoms with E-state index < -0.39 is 0 Å². The molecular formula is C17H20N4S. The first kappa shape index (κ1) is 16.1. The zero-order chi connectivity index (χ0) is 15.8. The average molecular weight is 312 g/mol. The highest BCUT2D eigenvalue weighted by Crippen LogP contribution is 2.14. The lowest BCUT2D eigenvalue weighted by molar-refractivity contribution is 0.823. The van der Waals surface area contributed by atoms with Gasteiger partial charge < -0.3 is 10.6 Å². The van der Waals surface area contributed by atoms with E-state index in [2.05, 4.69) is 40.8 Å². The highest BCUT2D eigenvalue weighted by molar-refractivity contribution is 7.11. The zero-order valence-corrected chi connectivity index (χ0v) is 13.7. The third-order valence-corrected chi connectivity index (χ3v) is 4.07. The predicted octanol–water partition coefficient (Wildman–Crippen LogP) is 3.18. The first-order valence-corrected chi connectivity index (χ1v) is 8.09. The van der Waals surface area contributed by atoms with Crippen molar-refractivity contribution in [2.24, 2.45) is 4.99 Å². The molecule has 22 heavy (non-hydrogen) atoms. The normalized spacial score (nSPS) is 11.0. The molecule has 0 aliphatic carbocycles. The van der Waals surface area contributed by atoms with Gasteiger partial charge in [-0.25, -0.2) is 4.99 Å². The number of nitriles is 1. The molecule has 0 bridgehead atoms. The topological polar surface area (TPSA) is 60.2 Å². The predicted molar refractivity (Wildman–Crippen MR) is 91.9 cm³/mol. The molecule has 0 radical (unpaired) electrons. The smallest absolute Gasteiger partial charge is 0.191 e. The van der Waals surface area contributed by atoms with Crippen molar-refractivity contribution >= 4 is 17.3 Å². The molecule has 5 heteroatoms. The van der Waals surface area contributed by atoms with Gasteiger partial charge in [0.05, 0.1) is 24.7 Å². The molecule has 0 atom stereocenters. The van der Waals surface area contributed by atoms with Crippen molar-refractivity contribution in [3.8, 4) is 6.07 Å². The molecule has 0 amide bonds. The molecule has 0 fully saturated rings. The number of nitrogens with zero attached hydrogens (tertiary/aromatic N) is 2. The second-order valence-electron chi connectivity index (χ2n) is 4.87. The van der Waals surface area contributed by atoms with E-state index in [0.29, 0.717) is 12.1 Å². The molecule has 1 heterocycles. The van der Waals surface area contributed by atoms with E-state index in [1.807, 2.05) is 31.2 Å². The molecule has 114 valence electrons. The van der Waals surface area contributed by atoms with Crippen LogP contribution in [0.15, 0.2) is 41.4 Å². The van der Waals surface area contributed by atoms with Gasteiger partial charge >= 0.3 is 0 Å². The fourth-order valence-electron chi connectivity index (χ4n) is 1.95. The quantitative estimate of drug-likeness (QED) is 0.658. The van der Waals surface area contributed by atoms with Crippen LogP contribution in [0.25, 0.3) is 0 Å². The molecule has 0 saturated carbocycles. The first-order chi connectivity index (χ1) is 10.7. The van der Waals surface area contributed by atoms with Crippen LogP contribution in [0.5, 0.6) is 0 Å². The standard InChI is InChI=1S/C17H20N4S/c1-3-19-17(21-12-16-9-4-13(2)22-16)20-11-15-7-5-14(10-18)6-8-15/h4-9H,3,11-12H2,1-2H3,(H2,19,20,21). The van der Waals surface area contributed by atoms with Crippen LogP contribution in [0.4, 0.5) is 0 Å². The Morgan fingerprint density at radius 1 is 1.18 bits per heavy atom. The Hall–Kier alpha value is -2.32. The molecule has 2 N–H and O–H groups in total. The summed E-state index contributed by atoms with van der Waals surface area (Å²) in [5.41, 5.74) is 1.76. The van der Waals surface area contributed by atoms with Crippen LogP contribution >= 0.6 is 11.3 Å². The van der Waals surface area contributed by atoms with Crippen molar-refractivity contribution in [3.05, 3.63) is 57.3 Å². The Labute approximate surface area is 135 Å². The van der Waals surface area contributed by atoms with Gasteiger partial charge in [-0.1, -0.05) is 12.1 Å². The Balaban J connectivity index is 1.95. The fourth-order valence-corrected chi connectivity index (χ4v) is 2.78. The number of rotatable bonds is 5. The minimum atomic E-state index is 0.588. The number of hydrogen-bond donors (Lipinski definition) is 2. The Morgan fingerprint density at radius 2 is 1.95 bits per heavy atom. The summed E-state index contributed by atoms with van der Waals surface area (Å²) in [6.07, 6.45) is 0. The summed E-state index contributed by atoms with van der Waals surface area (Å²) in [4.78, 5) is 7.19. The third-order valence-electron chi connectivity index (χ3n) is 3.07. The fraction of sp³-hybridized carbons (Fsp3) is 0.294. The van der Waals surface area contributed by atoms with Crippen molar-refractivity contribution in [3.63, 3.8) is 0 Å². The first-order valence-electron chi connectivity index (χ1n) is 7.28. The van der Waals surface area contributed by atoms with Crippen LogP contribution in [0.3, 0.4) is 0 Å². The monoisotopic (exact) mass is 312 g/mol. The molecule has 0 aliphatic heterocycles. The summed E-state index contributed by atoms with van der Waals surface area (Å²) in [5.74, 6) is 0.804. The maximum Gasteiger partial charge on any atom is 0.191 e. The highest BCUT2D eigenvalue weighted by atomic mass is 32.1. The Bertz CT molecular complexity index is 665. The molecule has 2 aromatic rings. The van der Waals surface area contributed by atoms with Gasteiger partial charge in [-0.15, -0.1) is 11.3 Å². The minimum absolute atomic E-state index is 0.588. The van der Waals surface area contributed by atoms with Gasteiger partial charge in [0, 0.05) is 16.3 Å². The summed E-state index contributed by atoms with van der Waals surface area (Å²) >= 11 is 1.79. The van der Waals surface area contributed by atoms with Crippen molar-refractivity contribution in [2.75, 3.05) is 6.54 Å². The van der Waals surface area contributed by atoms with Crippen LogP contribution in [0.2, 0.25) is 0 Å². The van der Waals surface area contributed by atoms with Gasteiger partial charge in [-0.3, -0.25) is 0 Å². The lowest BCUT2D eigenvalue weighted by Gasteiger charge is -2.10. The number of guanidine groups is 1. The second-order valence-corrected chi connectivity index (χ2v) is 6.24. The molecular weight excluding hydrogens is 292 g/mol. The summed E-state index contributed by atoms with van der Waals surface area (Å²) in [5, 5.41) is 15.4. The maximum absolute atomic E-state index is 8.80. The number of aliphatic imine (C=N–C) groups is 1. The van der Waals surface area contributed by atoms with Gasteiger partial charge in [0.1, 0.15) is 0 Å². The van der Waals surface area contributed by atoms with Crippen LogP contribution in [-0.2, 0) is 13.1 Å². The van der Waals surface area contributed by atoms with Crippen LogP contribution in [0, 0.1) is 18.3 Å². The summed E-state index contributed by atoms with van der Waals surface area (Å²) in [7, 11) is 0. The lowest BCUT2D eigenvalue weighted by atomic mass is 10.1. The van der Waals surface area contributed by atoms with Crippen LogP contribution in [0.1, 0.15) is 27.8 Å². The van der Waals surface area contributed by atoms with Crippen LogP contribution < -0.4 is 10.6 Å². The van der Waals surface area contributed by atoms with Gasteiger partial charge in [0.2, 0.25) is 0 Å². The van der Waals surface area contributed by atoms with E-state index in [9.17, 15) is 0 Å². The minimum Gasteiger partial charge on any atom is -0.357 e. The molecule has 0 spiro atoms. The van der Waals surface area contributed by atoms with Gasteiger partial charge in [-0.05, 0) is 43.7 Å². The van der Waals surface area contributed by atoms with Crippen molar-refractivity contribution in [1.29, 1.82) is 5.26 Å². The molecule has 4 nitrogen and oxygen atoms in total. The third kappa shape index (κ3) is 4.90. The van der Waals surface area contributed by atoms with E-state index in [-0.39, 0.29) is 0 Å². The summed E-state index contributed by atoms with van der Waals surface area (Å²) in [6.45, 7) is 6.34. The summed E-state index contributed by atoms with van der Waals surface area (Å²) in [6, 6.07) is 13.9. The average Bonchev–Trinajstić information content (AvgIpc) is 2.96. The Morgan fingerprint density at radius 3 is 2.55 bits per heavy atom. The molecule has 0 saturated heterocycles. The molecule has 1 aromatic carbocycles. The van der Waals surface area contributed by atoms with E-state index in [4.69, 9.17) is 5.26 Å². The molecule has 1 aromatic heterocycles. The van der Waals surface area contributed by atoms with Gasteiger partial charge in [0.25, 0.3) is 0 Å². The van der Waals surface area contributed by atoms with Gasteiger partial charge in [0.15, 0.2) is 5.96 Å². The number of thiophene rings is 1. The summed E-state index contributed by atoms with van der Waals surface area (Å²) < 4.78 is 0. The van der Waals surface area contributed by atoms with E-state index in [1.54, 1.807) is 11.3 Å². The number of nitrogens with one attached hydrogen (secondary N) is 2. The molecule has 0 unspecified atom stereocenters. The number of aryl methyl sites for hydroxylation is 1. The van der Waals surface area contributed by atoms with Crippen LogP contribution in [-0.4, -0.2) is 12.5 Å². The van der Waals surface area contributed by atoms with Crippen molar-refractivity contribution in [2.45, 2.75) is 26.9 Å². The van der Waals surface area contributed by atoms with Crippen molar-refractivity contribution < 1.29 is 0 Å². The zero-order valence-electron chi connectivity index (χ0n) is 12.9.